The van der Waals surface area contributed by atoms with Crippen LogP contribution in [0.4, 0.5) is 0 Å². The van der Waals surface area contributed by atoms with Gasteiger partial charge in [0.05, 0.1) is 13.2 Å². The maximum Gasteiger partial charge on any atom is 0.0721 e. The van der Waals surface area contributed by atoms with Crippen molar-refractivity contribution >= 4 is 0 Å². The Labute approximate surface area is 142 Å². The molecule has 23 heavy (non-hydrogen) atoms. The first-order chi connectivity index (χ1) is 11.3. The molecule has 1 aromatic rings. The van der Waals surface area contributed by atoms with Crippen LogP contribution in [-0.4, -0.2) is 6.61 Å². The van der Waals surface area contributed by atoms with Crippen LogP contribution >= 0.6 is 0 Å². The SMILES string of the molecule is C/C=C/CCC1CCC(c2ccc(COC/C=C/C)cc2)CC1. The first-order valence-electron chi connectivity index (χ1n) is 9.22. The van der Waals surface area contributed by atoms with Crippen molar-refractivity contribution in [2.24, 2.45) is 5.92 Å². The lowest BCUT2D eigenvalue weighted by Crippen LogP contribution is -2.13. The molecule has 1 fully saturated rings. The van der Waals surface area contributed by atoms with Crippen molar-refractivity contribution in [2.75, 3.05) is 6.61 Å². The smallest absolute Gasteiger partial charge is 0.0721 e. The summed E-state index contributed by atoms with van der Waals surface area (Å²) in [6.45, 7) is 5.55. The first kappa shape index (κ1) is 18.0. The third-order valence-electron chi connectivity index (χ3n) is 4.99. The van der Waals surface area contributed by atoms with Gasteiger partial charge in [-0.25, -0.2) is 0 Å². The van der Waals surface area contributed by atoms with E-state index in [0.717, 1.165) is 11.8 Å². The molecule has 0 radical (unpaired) electrons. The Hall–Kier alpha value is -1.34. The molecule has 0 atom stereocenters. The highest BCUT2D eigenvalue weighted by molar-refractivity contribution is 5.25. The van der Waals surface area contributed by atoms with Gasteiger partial charge in [-0.3, -0.25) is 0 Å². The highest BCUT2D eigenvalue weighted by atomic mass is 16.5. The normalized spacial score (nSPS) is 22.2. The second-order valence-electron chi connectivity index (χ2n) is 6.69. The van der Waals surface area contributed by atoms with Crippen LogP contribution in [0.25, 0.3) is 0 Å². The van der Waals surface area contributed by atoms with Gasteiger partial charge in [0.25, 0.3) is 0 Å². The van der Waals surface area contributed by atoms with E-state index in [1.165, 1.54) is 49.7 Å². The average Bonchev–Trinajstić information content (AvgIpc) is 2.60. The van der Waals surface area contributed by atoms with Gasteiger partial charge in [0.2, 0.25) is 0 Å². The summed E-state index contributed by atoms with van der Waals surface area (Å²) in [6, 6.07) is 9.12. The fourth-order valence-electron chi connectivity index (χ4n) is 3.51. The first-order valence-corrected chi connectivity index (χ1v) is 9.22. The van der Waals surface area contributed by atoms with Crippen molar-refractivity contribution < 1.29 is 4.74 Å². The second-order valence-corrected chi connectivity index (χ2v) is 6.69. The number of ether oxygens (including phenoxy) is 1. The van der Waals surface area contributed by atoms with Gasteiger partial charge >= 0.3 is 0 Å². The molecule has 1 nitrogen and oxygen atoms in total. The van der Waals surface area contributed by atoms with Gasteiger partial charge in [-0.1, -0.05) is 48.6 Å². The Morgan fingerprint density at radius 3 is 2.30 bits per heavy atom. The third-order valence-corrected chi connectivity index (χ3v) is 4.99. The maximum absolute atomic E-state index is 5.61. The molecule has 0 aliphatic heterocycles. The number of hydrogen-bond donors (Lipinski definition) is 0. The molecule has 0 unspecified atom stereocenters. The molecular formula is C22H32O. The highest BCUT2D eigenvalue weighted by Gasteiger charge is 2.21. The van der Waals surface area contributed by atoms with Crippen molar-refractivity contribution in [1.29, 1.82) is 0 Å². The van der Waals surface area contributed by atoms with Crippen LogP contribution in [0.1, 0.15) is 69.4 Å². The minimum absolute atomic E-state index is 0.704. The van der Waals surface area contributed by atoms with Crippen molar-refractivity contribution in [2.45, 2.75) is 64.9 Å². The predicted octanol–water partition coefficient (Wildman–Crippen LogP) is 6.41. The zero-order chi connectivity index (χ0) is 16.3. The van der Waals surface area contributed by atoms with Crippen molar-refractivity contribution in [3.8, 4) is 0 Å². The van der Waals surface area contributed by atoms with E-state index in [1.54, 1.807) is 0 Å². The summed E-state index contributed by atoms with van der Waals surface area (Å²) in [5.74, 6) is 1.72. The van der Waals surface area contributed by atoms with Gasteiger partial charge in [0.15, 0.2) is 0 Å². The van der Waals surface area contributed by atoms with Gasteiger partial charge < -0.3 is 4.74 Å². The Balaban J connectivity index is 1.75. The number of rotatable bonds is 8. The molecule has 1 heteroatoms. The molecule has 2 rings (SSSR count). The number of allylic oxidation sites excluding steroid dienone is 3. The fourth-order valence-corrected chi connectivity index (χ4v) is 3.51. The summed E-state index contributed by atoms with van der Waals surface area (Å²) in [4.78, 5) is 0. The lowest BCUT2D eigenvalue weighted by Gasteiger charge is -2.28. The van der Waals surface area contributed by atoms with Crippen LogP contribution < -0.4 is 0 Å². The molecule has 126 valence electrons. The van der Waals surface area contributed by atoms with Gasteiger partial charge in [-0.05, 0) is 75.3 Å². The molecule has 0 amide bonds. The summed E-state index contributed by atoms with van der Waals surface area (Å²) >= 11 is 0. The van der Waals surface area contributed by atoms with E-state index in [-0.39, 0.29) is 0 Å². The predicted molar refractivity (Wildman–Crippen MR) is 99.7 cm³/mol. The molecule has 1 aromatic carbocycles. The van der Waals surface area contributed by atoms with Crippen LogP contribution in [0.5, 0.6) is 0 Å². The fraction of sp³-hybridized carbons (Fsp3) is 0.545. The van der Waals surface area contributed by atoms with E-state index >= 15 is 0 Å². The van der Waals surface area contributed by atoms with Crippen LogP contribution in [0.2, 0.25) is 0 Å². The van der Waals surface area contributed by atoms with Gasteiger partial charge in [-0.2, -0.15) is 0 Å². The Morgan fingerprint density at radius 2 is 1.65 bits per heavy atom. The van der Waals surface area contributed by atoms with E-state index in [4.69, 9.17) is 4.74 Å². The average molecular weight is 312 g/mol. The second kappa shape index (κ2) is 10.4. The minimum atomic E-state index is 0.704. The van der Waals surface area contributed by atoms with E-state index in [2.05, 4.69) is 43.3 Å². The van der Waals surface area contributed by atoms with Crippen LogP contribution in [-0.2, 0) is 11.3 Å². The van der Waals surface area contributed by atoms with E-state index in [9.17, 15) is 0 Å². The standard InChI is InChI=1S/C22H32O/c1-3-5-7-8-19-9-13-21(14-10-19)22-15-11-20(12-16-22)18-23-17-6-4-2/h3-6,11-12,15-16,19,21H,7-10,13-14,17-18H2,1-2H3/b5-3+,6-4+. The van der Waals surface area contributed by atoms with Crippen LogP contribution in [0, 0.1) is 5.92 Å². The van der Waals surface area contributed by atoms with Crippen molar-refractivity contribution in [3.05, 3.63) is 59.7 Å². The Bertz CT molecular complexity index is 475. The molecule has 1 aliphatic carbocycles. The third kappa shape index (κ3) is 6.35. The molecule has 0 bridgehead atoms. The maximum atomic E-state index is 5.61. The molecule has 1 saturated carbocycles. The Kier molecular flexibility index (Phi) is 8.17. The molecule has 0 heterocycles. The van der Waals surface area contributed by atoms with E-state index in [0.29, 0.717) is 13.2 Å². The molecule has 0 saturated heterocycles. The van der Waals surface area contributed by atoms with Crippen molar-refractivity contribution in [3.63, 3.8) is 0 Å². The number of benzene rings is 1. The van der Waals surface area contributed by atoms with E-state index < -0.39 is 0 Å². The molecule has 0 N–H and O–H groups in total. The van der Waals surface area contributed by atoms with Crippen LogP contribution in [0.3, 0.4) is 0 Å². The van der Waals surface area contributed by atoms with Crippen LogP contribution in [0.15, 0.2) is 48.6 Å². The molecule has 1 aliphatic rings. The monoisotopic (exact) mass is 312 g/mol. The van der Waals surface area contributed by atoms with Gasteiger partial charge in [0.1, 0.15) is 0 Å². The van der Waals surface area contributed by atoms with Gasteiger partial charge in [0, 0.05) is 0 Å². The molecular weight excluding hydrogens is 280 g/mol. The molecule has 0 aromatic heterocycles. The Morgan fingerprint density at radius 1 is 0.957 bits per heavy atom. The summed E-state index contributed by atoms with van der Waals surface area (Å²) in [7, 11) is 0. The lowest BCUT2D eigenvalue weighted by molar-refractivity contribution is 0.148. The van der Waals surface area contributed by atoms with Gasteiger partial charge in [-0.15, -0.1) is 0 Å². The quantitative estimate of drug-likeness (QED) is 0.398. The summed E-state index contributed by atoms with van der Waals surface area (Å²) in [5.41, 5.74) is 2.80. The highest BCUT2D eigenvalue weighted by Crippen LogP contribution is 2.37. The topological polar surface area (TPSA) is 9.23 Å². The van der Waals surface area contributed by atoms with E-state index in [1.807, 2.05) is 19.1 Å². The molecule has 0 spiro atoms. The minimum Gasteiger partial charge on any atom is -0.373 e. The number of hydrogen-bond acceptors (Lipinski definition) is 1. The zero-order valence-corrected chi connectivity index (χ0v) is 14.8. The lowest BCUT2D eigenvalue weighted by atomic mass is 9.77. The summed E-state index contributed by atoms with van der Waals surface area (Å²) < 4.78 is 5.61. The zero-order valence-electron chi connectivity index (χ0n) is 14.8. The summed E-state index contributed by atoms with van der Waals surface area (Å²) in [6.07, 6.45) is 16.7. The largest absolute Gasteiger partial charge is 0.373 e. The summed E-state index contributed by atoms with van der Waals surface area (Å²) in [5, 5.41) is 0. The van der Waals surface area contributed by atoms with Crippen molar-refractivity contribution in [1.82, 2.24) is 0 Å².